The molecule has 4 N–H and O–H groups in total. The fourth-order valence-electron chi connectivity index (χ4n) is 2.92. The molecule has 1 aromatic heterocycles. The van der Waals surface area contributed by atoms with Gasteiger partial charge in [0.15, 0.2) is 0 Å². The minimum absolute atomic E-state index is 0. The molecule has 1 aliphatic rings. The number of nitrogens with two attached hydrogens (primary N) is 1. The third-order valence-corrected chi connectivity index (χ3v) is 4.28. The Morgan fingerprint density at radius 2 is 1.92 bits per heavy atom. The number of carbonyl (C=O) groups excluding carboxylic acids is 1. The summed E-state index contributed by atoms with van der Waals surface area (Å²) < 4.78 is 5.85. The Bertz CT molecular complexity index is 707. The molecule has 1 saturated carbocycles. The number of aliphatic hydroxyl groups is 1. The van der Waals surface area contributed by atoms with Crippen molar-refractivity contribution in [2.45, 2.75) is 44.3 Å². The maximum Gasteiger partial charge on any atom is 0.230 e. The zero-order valence-corrected chi connectivity index (χ0v) is 15.2. The van der Waals surface area contributed by atoms with Crippen LogP contribution in [-0.4, -0.2) is 28.2 Å². The minimum Gasteiger partial charge on any atom is -0.488 e. The van der Waals surface area contributed by atoms with Gasteiger partial charge >= 0.3 is 0 Å². The van der Waals surface area contributed by atoms with E-state index in [1.54, 1.807) is 36.4 Å². The van der Waals surface area contributed by atoms with E-state index >= 15 is 0 Å². The molecule has 0 bridgehead atoms. The van der Waals surface area contributed by atoms with Gasteiger partial charge in [-0.15, -0.1) is 12.4 Å². The highest BCUT2D eigenvalue weighted by Crippen LogP contribution is 2.25. The fourth-order valence-corrected chi connectivity index (χ4v) is 2.92. The monoisotopic (exact) mass is 377 g/mol. The highest BCUT2D eigenvalue weighted by Gasteiger charge is 2.24. The smallest absolute Gasteiger partial charge is 0.230 e. The van der Waals surface area contributed by atoms with Gasteiger partial charge in [-0.3, -0.25) is 9.78 Å². The van der Waals surface area contributed by atoms with Gasteiger partial charge in [0, 0.05) is 11.4 Å². The molecule has 140 valence electrons. The number of aliphatic hydroxyl groups excluding tert-OH is 1. The van der Waals surface area contributed by atoms with Gasteiger partial charge in [0.2, 0.25) is 5.91 Å². The van der Waals surface area contributed by atoms with E-state index in [4.69, 9.17) is 10.5 Å². The lowest BCUT2D eigenvalue weighted by molar-refractivity contribution is -0.115. The molecule has 6 nitrogen and oxygen atoms in total. The number of nitrogens with one attached hydrogen (secondary N) is 1. The summed E-state index contributed by atoms with van der Waals surface area (Å²) in [7, 11) is 0. The van der Waals surface area contributed by atoms with E-state index in [2.05, 4.69) is 10.3 Å². The quantitative estimate of drug-likeness (QED) is 0.744. The van der Waals surface area contributed by atoms with E-state index in [-0.39, 0.29) is 30.8 Å². The predicted molar refractivity (Wildman–Crippen MR) is 104 cm³/mol. The molecule has 2 atom stereocenters. The molecule has 1 heterocycles. The van der Waals surface area contributed by atoms with E-state index < -0.39 is 6.10 Å². The molecule has 1 amide bonds. The van der Waals surface area contributed by atoms with E-state index in [1.165, 1.54) is 6.20 Å². The molecule has 0 aliphatic heterocycles. The van der Waals surface area contributed by atoms with Crippen LogP contribution >= 0.6 is 12.4 Å². The molecule has 1 fully saturated rings. The number of benzene rings is 1. The maximum atomic E-state index is 12.1. The fraction of sp³-hybridized carbons (Fsp3) is 0.368. The van der Waals surface area contributed by atoms with Gasteiger partial charge in [0.25, 0.3) is 0 Å². The summed E-state index contributed by atoms with van der Waals surface area (Å²) in [5.74, 6) is 0.554. The number of anilines is 2. The molecule has 1 aromatic carbocycles. The second kappa shape index (κ2) is 9.40. The molecule has 7 heteroatoms. The SMILES string of the molecule is Cl.Nc1ccc(CC(=O)Nc2ccc(OC3CCCCC3O)cc2)nc1. The molecule has 2 unspecified atom stereocenters. The first-order valence-electron chi connectivity index (χ1n) is 8.55. The van der Waals surface area contributed by atoms with E-state index in [0.29, 0.717) is 22.8 Å². The van der Waals surface area contributed by atoms with Crippen molar-refractivity contribution in [3.05, 3.63) is 48.3 Å². The molecule has 3 rings (SSSR count). The number of ether oxygens (including phenoxy) is 1. The third kappa shape index (κ3) is 5.61. The van der Waals surface area contributed by atoms with Crippen LogP contribution in [0.5, 0.6) is 5.75 Å². The lowest BCUT2D eigenvalue weighted by Crippen LogP contribution is -2.34. The van der Waals surface area contributed by atoms with Crippen LogP contribution in [0, 0.1) is 0 Å². The molecule has 2 aromatic rings. The Labute approximate surface area is 159 Å². The van der Waals surface area contributed by atoms with Crippen molar-refractivity contribution in [3.63, 3.8) is 0 Å². The summed E-state index contributed by atoms with van der Waals surface area (Å²) in [5.41, 5.74) is 7.51. The summed E-state index contributed by atoms with van der Waals surface area (Å²) in [5, 5.41) is 12.8. The zero-order chi connectivity index (χ0) is 17.6. The Morgan fingerprint density at radius 1 is 1.19 bits per heavy atom. The first kappa shape index (κ1) is 20.0. The largest absolute Gasteiger partial charge is 0.488 e. The number of aromatic nitrogens is 1. The lowest BCUT2D eigenvalue weighted by atomic mass is 9.95. The summed E-state index contributed by atoms with van der Waals surface area (Å²) in [6.07, 6.45) is 4.96. The van der Waals surface area contributed by atoms with Crippen molar-refractivity contribution in [2.24, 2.45) is 0 Å². The summed E-state index contributed by atoms with van der Waals surface area (Å²) in [6.45, 7) is 0. The highest BCUT2D eigenvalue weighted by atomic mass is 35.5. The molecular formula is C19H24ClN3O3. The van der Waals surface area contributed by atoms with Crippen LogP contribution in [0.3, 0.4) is 0 Å². The van der Waals surface area contributed by atoms with Crippen molar-refractivity contribution in [2.75, 3.05) is 11.1 Å². The number of nitrogen functional groups attached to an aromatic ring is 1. The Hall–Kier alpha value is -2.31. The van der Waals surface area contributed by atoms with Crippen molar-refractivity contribution < 1.29 is 14.6 Å². The van der Waals surface area contributed by atoms with Crippen LogP contribution in [0.25, 0.3) is 0 Å². The average molecular weight is 378 g/mol. The Morgan fingerprint density at radius 3 is 2.58 bits per heavy atom. The maximum absolute atomic E-state index is 12.1. The normalized spacial score (nSPS) is 19.3. The van der Waals surface area contributed by atoms with E-state index in [1.807, 2.05) is 0 Å². The van der Waals surface area contributed by atoms with Gasteiger partial charge in [0.1, 0.15) is 11.9 Å². The van der Waals surface area contributed by atoms with Crippen LogP contribution in [0.2, 0.25) is 0 Å². The van der Waals surface area contributed by atoms with Gasteiger partial charge in [-0.1, -0.05) is 6.42 Å². The van der Waals surface area contributed by atoms with Gasteiger partial charge in [-0.25, -0.2) is 0 Å². The van der Waals surface area contributed by atoms with Gasteiger partial charge in [0.05, 0.1) is 24.4 Å². The topological polar surface area (TPSA) is 97.5 Å². The number of halogens is 1. The second-order valence-corrected chi connectivity index (χ2v) is 6.34. The summed E-state index contributed by atoms with van der Waals surface area (Å²) >= 11 is 0. The molecular weight excluding hydrogens is 354 g/mol. The van der Waals surface area contributed by atoms with Crippen LogP contribution in [0.4, 0.5) is 11.4 Å². The van der Waals surface area contributed by atoms with Crippen molar-refractivity contribution in [1.82, 2.24) is 4.98 Å². The number of rotatable bonds is 5. The van der Waals surface area contributed by atoms with Crippen molar-refractivity contribution in [3.8, 4) is 5.75 Å². The molecule has 0 spiro atoms. The third-order valence-electron chi connectivity index (χ3n) is 4.28. The van der Waals surface area contributed by atoms with Crippen LogP contribution in [-0.2, 0) is 11.2 Å². The van der Waals surface area contributed by atoms with Gasteiger partial charge in [-0.05, 0) is 55.7 Å². The molecule has 0 saturated heterocycles. The number of hydrogen-bond donors (Lipinski definition) is 3. The minimum atomic E-state index is -0.402. The standard InChI is InChI=1S/C19H23N3O3.ClH/c20-13-5-6-15(21-12-13)11-19(24)22-14-7-9-16(10-8-14)25-18-4-2-1-3-17(18)23;/h5-10,12,17-18,23H,1-4,11,20H2,(H,22,24);1H. The average Bonchev–Trinajstić information content (AvgIpc) is 2.61. The second-order valence-electron chi connectivity index (χ2n) is 6.34. The Kier molecular flexibility index (Phi) is 7.24. The number of amides is 1. The molecule has 26 heavy (non-hydrogen) atoms. The zero-order valence-electron chi connectivity index (χ0n) is 14.4. The van der Waals surface area contributed by atoms with E-state index in [9.17, 15) is 9.90 Å². The number of pyridine rings is 1. The van der Waals surface area contributed by atoms with Gasteiger partial charge < -0.3 is 20.9 Å². The molecule has 0 radical (unpaired) electrons. The highest BCUT2D eigenvalue weighted by molar-refractivity contribution is 5.92. The Balaban J connectivity index is 0.00000243. The van der Waals surface area contributed by atoms with Crippen molar-refractivity contribution in [1.29, 1.82) is 0 Å². The lowest BCUT2D eigenvalue weighted by Gasteiger charge is -2.28. The van der Waals surface area contributed by atoms with Gasteiger partial charge in [-0.2, -0.15) is 0 Å². The first-order chi connectivity index (χ1) is 12.1. The first-order valence-corrected chi connectivity index (χ1v) is 8.55. The predicted octanol–water partition coefficient (Wildman–Crippen LogP) is 2.95. The number of carbonyl (C=O) groups is 1. The van der Waals surface area contributed by atoms with Crippen molar-refractivity contribution >= 4 is 29.7 Å². The van der Waals surface area contributed by atoms with Crippen LogP contribution in [0.15, 0.2) is 42.6 Å². The van der Waals surface area contributed by atoms with E-state index in [0.717, 1.165) is 25.7 Å². The number of nitrogens with zero attached hydrogens (tertiary/aromatic N) is 1. The van der Waals surface area contributed by atoms with Crippen LogP contribution in [0.1, 0.15) is 31.4 Å². The summed E-state index contributed by atoms with van der Waals surface area (Å²) in [4.78, 5) is 16.2. The summed E-state index contributed by atoms with van der Waals surface area (Å²) in [6, 6.07) is 10.7. The molecule has 1 aliphatic carbocycles. The number of hydrogen-bond acceptors (Lipinski definition) is 5. The van der Waals surface area contributed by atoms with Crippen LogP contribution < -0.4 is 15.8 Å².